The largest absolute Gasteiger partial charge is 0.317 e. The van der Waals surface area contributed by atoms with E-state index in [1.54, 1.807) is 0 Å². The molecule has 2 nitrogen and oxygen atoms in total. The molecule has 0 aliphatic carbocycles. The Hall–Kier alpha value is -0.370. The van der Waals surface area contributed by atoms with Gasteiger partial charge < -0.3 is 5.32 Å². The molecule has 0 radical (unpaired) electrons. The molecule has 1 saturated heterocycles. The Bertz CT molecular complexity index is 162. The molecule has 0 unspecified atom stereocenters. The highest BCUT2D eigenvalue weighted by molar-refractivity contribution is 5.81. The molecule has 1 aliphatic rings. The fourth-order valence-corrected chi connectivity index (χ4v) is 2.07. The molecule has 82 valence electrons. The summed E-state index contributed by atoms with van der Waals surface area (Å²) in [6.07, 6.45) is 7.81. The average molecular weight is 197 g/mol. The SMILES string of the molecule is CCCCCCC(=O)C1CCNCC1. The van der Waals surface area contributed by atoms with Gasteiger partial charge in [0.2, 0.25) is 0 Å². The van der Waals surface area contributed by atoms with Gasteiger partial charge in [0.25, 0.3) is 0 Å². The Balaban J connectivity index is 2.07. The minimum atomic E-state index is 0.373. The van der Waals surface area contributed by atoms with Crippen molar-refractivity contribution in [3.63, 3.8) is 0 Å². The van der Waals surface area contributed by atoms with Crippen LogP contribution < -0.4 is 5.32 Å². The summed E-state index contributed by atoms with van der Waals surface area (Å²) >= 11 is 0. The van der Waals surface area contributed by atoms with Crippen molar-refractivity contribution in [2.75, 3.05) is 13.1 Å². The van der Waals surface area contributed by atoms with Crippen LogP contribution in [0.25, 0.3) is 0 Å². The Morgan fingerprint density at radius 3 is 2.57 bits per heavy atom. The normalized spacial score (nSPS) is 18.4. The second kappa shape index (κ2) is 6.99. The minimum absolute atomic E-state index is 0.373. The van der Waals surface area contributed by atoms with E-state index in [0.29, 0.717) is 11.7 Å². The van der Waals surface area contributed by atoms with Gasteiger partial charge in [0.1, 0.15) is 5.78 Å². The van der Waals surface area contributed by atoms with E-state index in [9.17, 15) is 4.79 Å². The van der Waals surface area contributed by atoms with Gasteiger partial charge in [-0.05, 0) is 32.4 Å². The number of hydrogen-bond donors (Lipinski definition) is 1. The van der Waals surface area contributed by atoms with E-state index < -0.39 is 0 Å². The van der Waals surface area contributed by atoms with Crippen LogP contribution in [0.5, 0.6) is 0 Å². The van der Waals surface area contributed by atoms with Gasteiger partial charge in [-0.2, -0.15) is 0 Å². The maximum absolute atomic E-state index is 11.7. The molecule has 0 spiro atoms. The molecule has 14 heavy (non-hydrogen) atoms. The van der Waals surface area contributed by atoms with Crippen molar-refractivity contribution in [3.05, 3.63) is 0 Å². The van der Waals surface area contributed by atoms with E-state index in [-0.39, 0.29) is 0 Å². The number of unbranched alkanes of at least 4 members (excludes halogenated alkanes) is 3. The van der Waals surface area contributed by atoms with E-state index in [0.717, 1.165) is 38.8 Å². The van der Waals surface area contributed by atoms with Crippen molar-refractivity contribution in [3.8, 4) is 0 Å². The summed E-state index contributed by atoms with van der Waals surface area (Å²) in [6, 6.07) is 0. The molecule has 1 heterocycles. The predicted molar refractivity (Wildman–Crippen MR) is 59.4 cm³/mol. The lowest BCUT2D eigenvalue weighted by atomic mass is 9.91. The number of nitrogens with one attached hydrogen (secondary N) is 1. The highest BCUT2D eigenvalue weighted by Crippen LogP contribution is 2.16. The van der Waals surface area contributed by atoms with E-state index in [4.69, 9.17) is 0 Å². The molecular weight excluding hydrogens is 174 g/mol. The maximum Gasteiger partial charge on any atom is 0.136 e. The van der Waals surface area contributed by atoms with Crippen LogP contribution in [0.4, 0.5) is 0 Å². The topological polar surface area (TPSA) is 29.1 Å². The Morgan fingerprint density at radius 2 is 1.93 bits per heavy atom. The first-order valence-electron chi connectivity index (χ1n) is 6.08. The second-order valence-corrected chi connectivity index (χ2v) is 4.30. The zero-order valence-corrected chi connectivity index (χ0v) is 9.35. The monoisotopic (exact) mass is 197 g/mol. The molecule has 1 rings (SSSR count). The first kappa shape index (κ1) is 11.7. The minimum Gasteiger partial charge on any atom is -0.317 e. The third kappa shape index (κ3) is 4.23. The van der Waals surface area contributed by atoms with Crippen LogP contribution in [0.15, 0.2) is 0 Å². The van der Waals surface area contributed by atoms with Gasteiger partial charge in [-0.3, -0.25) is 4.79 Å². The summed E-state index contributed by atoms with van der Waals surface area (Å²) < 4.78 is 0. The van der Waals surface area contributed by atoms with Crippen molar-refractivity contribution in [1.82, 2.24) is 5.32 Å². The number of carbonyl (C=O) groups excluding carboxylic acids is 1. The van der Waals surface area contributed by atoms with Crippen LogP contribution in [0.3, 0.4) is 0 Å². The highest BCUT2D eigenvalue weighted by Gasteiger charge is 2.19. The first-order valence-corrected chi connectivity index (χ1v) is 6.08. The third-order valence-corrected chi connectivity index (χ3v) is 3.07. The van der Waals surface area contributed by atoms with E-state index in [2.05, 4.69) is 12.2 Å². The Morgan fingerprint density at radius 1 is 1.21 bits per heavy atom. The van der Waals surface area contributed by atoms with Crippen LogP contribution >= 0.6 is 0 Å². The summed E-state index contributed by atoms with van der Waals surface area (Å²) in [5.74, 6) is 0.889. The fraction of sp³-hybridized carbons (Fsp3) is 0.917. The molecular formula is C12H23NO. The number of hydrogen-bond acceptors (Lipinski definition) is 2. The number of ketones is 1. The summed E-state index contributed by atoms with van der Waals surface area (Å²) in [5.41, 5.74) is 0. The lowest BCUT2D eigenvalue weighted by molar-refractivity contribution is -0.123. The lowest BCUT2D eigenvalue weighted by Crippen LogP contribution is -2.31. The van der Waals surface area contributed by atoms with Gasteiger partial charge >= 0.3 is 0 Å². The Kier molecular flexibility index (Phi) is 5.85. The molecule has 0 aromatic carbocycles. The standard InChI is InChI=1S/C12H23NO/c1-2-3-4-5-6-12(14)11-7-9-13-10-8-11/h11,13H,2-10H2,1H3. The van der Waals surface area contributed by atoms with Gasteiger partial charge in [0.05, 0.1) is 0 Å². The smallest absolute Gasteiger partial charge is 0.136 e. The van der Waals surface area contributed by atoms with Gasteiger partial charge in [0.15, 0.2) is 0 Å². The van der Waals surface area contributed by atoms with Crippen molar-refractivity contribution >= 4 is 5.78 Å². The number of piperidine rings is 1. The number of carbonyl (C=O) groups is 1. The van der Waals surface area contributed by atoms with Gasteiger partial charge in [0, 0.05) is 12.3 Å². The van der Waals surface area contributed by atoms with Crippen LogP contribution in [0.1, 0.15) is 51.9 Å². The van der Waals surface area contributed by atoms with Crippen molar-refractivity contribution < 1.29 is 4.79 Å². The van der Waals surface area contributed by atoms with Crippen LogP contribution in [-0.2, 0) is 4.79 Å². The number of rotatable bonds is 6. The summed E-state index contributed by atoms with van der Waals surface area (Å²) in [4.78, 5) is 11.7. The molecule has 1 N–H and O–H groups in total. The summed E-state index contributed by atoms with van der Waals surface area (Å²) in [7, 11) is 0. The molecule has 1 aliphatic heterocycles. The molecule has 0 aromatic rings. The van der Waals surface area contributed by atoms with Gasteiger partial charge in [-0.25, -0.2) is 0 Å². The predicted octanol–water partition coefficient (Wildman–Crippen LogP) is 2.53. The maximum atomic E-state index is 11.7. The average Bonchev–Trinajstić information content (AvgIpc) is 2.25. The van der Waals surface area contributed by atoms with Crippen molar-refractivity contribution in [1.29, 1.82) is 0 Å². The van der Waals surface area contributed by atoms with E-state index in [1.807, 2.05) is 0 Å². The molecule has 0 aromatic heterocycles. The van der Waals surface area contributed by atoms with Crippen molar-refractivity contribution in [2.45, 2.75) is 51.9 Å². The lowest BCUT2D eigenvalue weighted by Gasteiger charge is -2.21. The first-order chi connectivity index (χ1) is 6.84. The molecule has 0 atom stereocenters. The van der Waals surface area contributed by atoms with E-state index in [1.165, 1.54) is 19.3 Å². The van der Waals surface area contributed by atoms with Crippen LogP contribution in [0, 0.1) is 5.92 Å². The molecule has 0 saturated carbocycles. The van der Waals surface area contributed by atoms with E-state index >= 15 is 0 Å². The van der Waals surface area contributed by atoms with Crippen LogP contribution in [-0.4, -0.2) is 18.9 Å². The van der Waals surface area contributed by atoms with Gasteiger partial charge in [-0.15, -0.1) is 0 Å². The molecule has 0 bridgehead atoms. The fourth-order valence-electron chi connectivity index (χ4n) is 2.07. The summed E-state index contributed by atoms with van der Waals surface area (Å²) in [5, 5.41) is 3.29. The second-order valence-electron chi connectivity index (χ2n) is 4.30. The summed E-state index contributed by atoms with van der Waals surface area (Å²) in [6.45, 7) is 4.27. The zero-order chi connectivity index (χ0) is 10.2. The molecule has 2 heteroatoms. The highest BCUT2D eigenvalue weighted by atomic mass is 16.1. The Labute approximate surface area is 87.5 Å². The van der Waals surface area contributed by atoms with Crippen LogP contribution in [0.2, 0.25) is 0 Å². The van der Waals surface area contributed by atoms with Crippen molar-refractivity contribution in [2.24, 2.45) is 5.92 Å². The molecule has 1 fully saturated rings. The van der Waals surface area contributed by atoms with Gasteiger partial charge in [-0.1, -0.05) is 26.2 Å². The zero-order valence-electron chi connectivity index (χ0n) is 9.35. The number of Topliss-reactive ketones (excluding diaryl/α,β-unsaturated/α-hetero) is 1. The third-order valence-electron chi connectivity index (χ3n) is 3.07. The quantitative estimate of drug-likeness (QED) is 0.663. The molecule has 0 amide bonds.